The van der Waals surface area contributed by atoms with Crippen molar-refractivity contribution in [2.45, 2.75) is 0 Å². The summed E-state index contributed by atoms with van der Waals surface area (Å²) in [6.07, 6.45) is 0. The van der Waals surface area contributed by atoms with Crippen LogP contribution in [0.15, 0.2) is 151 Å². The highest BCUT2D eigenvalue weighted by molar-refractivity contribution is 7.26. The lowest BCUT2D eigenvalue weighted by Crippen LogP contribution is -2.00. The fraction of sp³-hybridized carbons (Fsp3) is 0. The van der Waals surface area contributed by atoms with Crippen molar-refractivity contribution in [1.29, 1.82) is 0 Å². The Morgan fingerprint density at radius 3 is 2.00 bits per heavy atom. The van der Waals surface area contributed by atoms with Crippen molar-refractivity contribution in [2.75, 3.05) is 0 Å². The molecular formula is C41H25N3S. The van der Waals surface area contributed by atoms with E-state index < -0.39 is 30.2 Å². The van der Waals surface area contributed by atoms with E-state index in [2.05, 4.69) is 30.3 Å². The molecule has 0 atom stereocenters. The summed E-state index contributed by atoms with van der Waals surface area (Å²) in [7, 11) is 0. The third-order valence-electron chi connectivity index (χ3n) is 7.87. The van der Waals surface area contributed by atoms with Gasteiger partial charge in [0.1, 0.15) is 0 Å². The molecule has 0 spiro atoms. The summed E-state index contributed by atoms with van der Waals surface area (Å²) in [5.74, 6) is 0.626. The lowest BCUT2D eigenvalue weighted by molar-refractivity contribution is 1.08. The maximum atomic E-state index is 9.19. The Bertz CT molecular complexity index is 3040. The Balaban J connectivity index is 1.32. The van der Waals surface area contributed by atoms with Crippen molar-refractivity contribution in [3.63, 3.8) is 0 Å². The van der Waals surface area contributed by atoms with Gasteiger partial charge in [0.15, 0.2) is 17.5 Å². The molecule has 0 N–H and O–H groups in total. The minimum atomic E-state index is -0.513. The van der Waals surface area contributed by atoms with Crippen molar-refractivity contribution in [3.8, 4) is 45.3 Å². The summed E-state index contributed by atoms with van der Waals surface area (Å²) >= 11 is 0.998. The number of hydrogen-bond donors (Lipinski definition) is 0. The Labute approximate surface area is 276 Å². The molecule has 0 unspecified atom stereocenters. The van der Waals surface area contributed by atoms with Gasteiger partial charge in [-0.15, -0.1) is 11.3 Å². The summed E-state index contributed by atoms with van der Waals surface area (Å²) < 4.78 is 79.4. The Kier molecular flexibility index (Phi) is 4.23. The van der Waals surface area contributed by atoms with Gasteiger partial charge >= 0.3 is 0 Å². The molecule has 2 heterocycles. The predicted molar refractivity (Wildman–Crippen MR) is 189 cm³/mol. The maximum Gasteiger partial charge on any atom is 0.164 e. The first-order valence-corrected chi connectivity index (χ1v) is 15.1. The van der Waals surface area contributed by atoms with E-state index in [1.54, 1.807) is 0 Å². The van der Waals surface area contributed by atoms with Gasteiger partial charge in [-0.1, -0.05) is 139 Å². The number of benzene rings is 7. The predicted octanol–water partition coefficient (Wildman–Crippen LogP) is 11.2. The summed E-state index contributed by atoms with van der Waals surface area (Å²) in [6.45, 7) is 0. The molecule has 0 saturated heterocycles. The fourth-order valence-electron chi connectivity index (χ4n) is 5.65. The van der Waals surface area contributed by atoms with Crippen LogP contribution in [0.3, 0.4) is 0 Å². The van der Waals surface area contributed by atoms with Gasteiger partial charge in [0.05, 0.1) is 12.3 Å². The highest BCUT2D eigenvalue weighted by Crippen LogP contribution is 2.42. The average Bonchev–Trinajstić information content (AvgIpc) is 3.60. The van der Waals surface area contributed by atoms with E-state index in [1.165, 1.54) is 0 Å². The lowest BCUT2D eigenvalue weighted by Gasteiger charge is -2.10. The van der Waals surface area contributed by atoms with Crippen molar-refractivity contribution >= 4 is 53.1 Å². The molecule has 0 amide bonds. The van der Waals surface area contributed by atoms with E-state index in [4.69, 9.17) is 25.9 Å². The molecule has 0 radical (unpaired) electrons. The van der Waals surface area contributed by atoms with Crippen LogP contribution in [0.5, 0.6) is 0 Å². The molecule has 0 aliphatic carbocycles. The number of nitrogens with zero attached hydrogens (tertiary/aromatic N) is 3. The smallest absolute Gasteiger partial charge is 0.164 e. The van der Waals surface area contributed by atoms with Gasteiger partial charge in [-0.05, 0) is 44.8 Å². The molecule has 9 rings (SSSR count). The third kappa shape index (κ3) is 4.46. The molecule has 0 saturated carbocycles. The second-order valence-electron chi connectivity index (χ2n) is 10.6. The van der Waals surface area contributed by atoms with Crippen LogP contribution in [-0.2, 0) is 0 Å². The molecule has 7 aromatic carbocycles. The number of aromatic nitrogens is 3. The topological polar surface area (TPSA) is 38.7 Å². The quantitative estimate of drug-likeness (QED) is 0.202. The molecule has 3 nitrogen and oxygen atoms in total. The standard InChI is InChI=1S/C41H25N3S/c1-2-11-29(12-3-1)39-42-40(30-20-17-27(18-21-30)32-22-19-26-9-4-5-13-31(26)25-32)44-41(43-39)35-15-8-16-36-37(35)34-24-23-28-10-6-7-14-33(28)38(34)45-36/h1-25H/i6D,7D,8D,10D,14D,15D,16D,23D,24D. The first-order valence-electron chi connectivity index (χ1n) is 18.8. The second-order valence-corrected chi connectivity index (χ2v) is 11.6. The number of fused-ring (bicyclic) bond motifs is 6. The normalized spacial score (nSPS) is 14.4. The Morgan fingerprint density at radius 2 is 1.16 bits per heavy atom. The molecule has 2 aromatic heterocycles. The summed E-state index contributed by atoms with van der Waals surface area (Å²) in [4.78, 5) is 14.5. The summed E-state index contributed by atoms with van der Waals surface area (Å²) in [5.41, 5.74) is 3.44. The van der Waals surface area contributed by atoms with E-state index in [0.717, 1.165) is 33.2 Å². The molecular weight excluding hydrogens is 567 g/mol. The maximum absolute atomic E-state index is 9.19. The zero-order valence-electron chi connectivity index (χ0n) is 32.5. The van der Waals surface area contributed by atoms with Crippen LogP contribution in [-0.4, -0.2) is 15.0 Å². The summed E-state index contributed by atoms with van der Waals surface area (Å²) in [6, 6.07) is 27.9. The van der Waals surface area contributed by atoms with Crippen LogP contribution in [0, 0.1) is 0 Å². The SMILES string of the molecule is [2H]c1c([2H])c(-c2nc(-c3ccccc3)nc(-c3ccc(-c4ccc5ccccc5c4)cc3)n2)c2c(sc3c4c([2H])c([2H])c([2H])c([2H])c4c([2H])c([2H])c32)c1[2H]. The lowest BCUT2D eigenvalue weighted by atomic mass is 10.00. The Hall–Kier alpha value is -5.71. The van der Waals surface area contributed by atoms with Gasteiger partial charge in [-0.3, -0.25) is 0 Å². The minimum Gasteiger partial charge on any atom is -0.208 e. The van der Waals surface area contributed by atoms with Crippen LogP contribution in [0.1, 0.15) is 12.3 Å². The second kappa shape index (κ2) is 10.5. The van der Waals surface area contributed by atoms with E-state index in [9.17, 15) is 1.37 Å². The van der Waals surface area contributed by atoms with Crippen LogP contribution < -0.4 is 0 Å². The van der Waals surface area contributed by atoms with Crippen molar-refractivity contribution in [3.05, 3.63) is 151 Å². The van der Waals surface area contributed by atoms with Gasteiger partial charge < -0.3 is 0 Å². The highest BCUT2D eigenvalue weighted by Gasteiger charge is 2.18. The molecule has 0 aliphatic heterocycles. The number of rotatable bonds is 4. The van der Waals surface area contributed by atoms with Crippen molar-refractivity contribution < 1.29 is 12.3 Å². The van der Waals surface area contributed by atoms with Crippen LogP contribution in [0.4, 0.5) is 0 Å². The van der Waals surface area contributed by atoms with E-state index in [0.29, 0.717) is 22.8 Å². The van der Waals surface area contributed by atoms with Gasteiger partial charge in [0, 0.05) is 36.9 Å². The molecule has 45 heavy (non-hydrogen) atoms. The van der Waals surface area contributed by atoms with Crippen molar-refractivity contribution in [2.24, 2.45) is 0 Å². The van der Waals surface area contributed by atoms with Crippen LogP contribution in [0.25, 0.3) is 87.0 Å². The first kappa shape index (κ1) is 18.2. The zero-order chi connectivity index (χ0) is 37.6. The molecule has 4 heteroatoms. The first-order chi connectivity index (χ1) is 26.0. The van der Waals surface area contributed by atoms with Gasteiger partial charge in [-0.2, -0.15) is 0 Å². The highest BCUT2D eigenvalue weighted by atomic mass is 32.1. The fourth-order valence-corrected chi connectivity index (χ4v) is 6.77. The summed E-state index contributed by atoms with van der Waals surface area (Å²) in [5, 5.41) is 2.56. The van der Waals surface area contributed by atoms with Gasteiger partial charge in [-0.25, -0.2) is 15.0 Å². The molecule has 0 aliphatic rings. The number of hydrogen-bond acceptors (Lipinski definition) is 4. The Morgan fingerprint density at radius 1 is 0.467 bits per heavy atom. The van der Waals surface area contributed by atoms with E-state index >= 15 is 0 Å². The van der Waals surface area contributed by atoms with Gasteiger partial charge in [0.2, 0.25) is 0 Å². The molecule has 9 aromatic rings. The monoisotopic (exact) mass is 600 g/mol. The number of thiophene rings is 1. The van der Waals surface area contributed by atoms with Crippen LogP contribution in [0.2, 0.25) is 0 Å². The van der Waals surface area contributed by atoms with E-state index in [-0.39, 0.29) is 66.5 Å². The van der Waals surface area contributed by atoms with Gasteiger partial charge in [0.25, 0.3) is 0 Å². The minimum absolute atomic E-state index is 0.0293. The molecule has 210 valence electrons. The zero-order valence-corrected chi connectivity index (χ0v) is 24.3. The molecule has 0 fully saturated rings. The third-order valence-corrected chi connectivity index (χ3v) is 8.99. The van der Waals surface area contributed by atoms with E-state index in [1.807, 2.05) is 66.7 Å². The van der Waals surface area contributed by atoms with Crippen molar-refractivity contribution in [1.82, 2.24) is 15.0 Å². The average molecular weight is 601 g/mol. The molecule has 0 bridgehead atoms. The van der Waals surface area contributed by atoms with Crippen LogP contribution >= 0.6 is 11.3 Å². The largest absolute Gasteiger partial charge is 0.208 e.